The summed E-state index contributed by atoms with van der Waals surface area (Å²) in [5.41, 5.74) is 1.05. The SMILES string of the molecule is CC(CNC(=O)c1ccc2c(c1)NC(=O)CO2)CN1CCOCC1. The van der Waals surface area contributed by atoms with Crippen LogP contribution in [-0.2, 0) is 9.53 Å². The van der Waals surface area contributed by atoms with Crippen LogP contribution in [0.25, 0.3) is 0 Å². The Labute approximate surface area is 141 Å². The molecule has 7 heteroatoms. The van der Waals surface area contributed by atoms with Crippen LogP contribution in [0.3, 0.4) is 0 Å². The predicted molar refractivity (Wildman–Crippen MR) is 89.3 cm³/mol. The molecule has 1 fully saturated rings. The Hall–Kier alpha value is -2.12. The number of amides is 2. The van der Waals surface area contributed by atoms with Gasteiger partial charge in [0.2, 0.25) is 0 Å². The minimum absolute atomic E-state index is 0.0115. The Balaban J connectivity index is 1.51. The fourth-order valence-corrected chi connectivity index (χ4v) is 2.88. The van der Waals surface area contributed by atoms with E-state index in [-0.39, 0.29) is 18.4 Å². The average molecular weight is 333 g/mol. The van der Waals surface area contributed by atoms with E-state index < -0.39 is 0 Å². The summed E-state index contributed by atoms with van der Waals surface area (Å²) in [5, 5.41) is 5.67. The molecule has 2 N–H and O–H groups in total. The first-order chi connectivity index (χ1) is 11.6. The lowest BCUT2D eigenvalue weighted by Crippen LogP contribution is -2.41. The maximum absolute atomic E-state index is 12.3. The monoisotopic (exact) mass is 333 g/mol. The fraction of sp³-hybridized carbons (Fsp3) is 0.529. The number of morpholine rings is 1. The minimum atomic E-state index is -0.209. The number of hydrogen-bond acceptors (Lipinski definition) is 5. The molecular weight excluding hydrogens is 310 g/mol. The minimum Gasteiger partial charge on any atom is -0.482 e. The van der Waals surface area contributed by atoms with Gasteiger partial charge in [-0.15, -0.1) is 0 Å². The number of carbonyl (C=O) groups excluding carboxylic acids is 2. The molecule has 2 heterocycles. The summed E-state index contributed by atoms with van der Waals surface area (Å²) in [7, 11) is 0. The van der Waals surface area contributed by atoms with Gasteiger partial charge in [0.05, 0.1) is 18.9 Å². The Kier molecular flexibility index (Phi) is 5.32. The maximum Gasteiger partial charge on any atom is 0.262 e. The van der Waals surface area contributed by atoms with Gasteiger partial charge in [-0.05, 0) is 24.1 Å². The number of carbonyl (C=O) groups is 2. The summed E-state index contributed by atoms with van der Waals surface area (Å²) < 4.78 is 10.6. The zero-order chi connectivity index (χ0) is 16.9. The molecule has 1 aromatic carbocycles. The number of hydrogen-bond donors (Lipinski definition) is 2. The van der Waals surface area contributed by atoms with Crippen molar-refractivity contribution in [3.8, 4) is 5.75 Å². The van der Waals surface area contributed by atoms with Gasteiger partial charge in [-0.3, -0.25) is 14.5 Å². The van der Waals surface area contributed by atoms with Gasteiger partial charge in [-0.1, -0.05) is 6.92 Å². The van der Waals surface area contributed by atoms with Crippen molar-refractivity contribution in [2.45, 2.75) is 6.92 Å². The standard InChI is InChI=1S/C17H23N3O4/c1-12(10-20-4-6-23-7-5-20)9-18-17(22)13-2-3-15-14(8-13)19-16(21)11-24-15/h2-3,8,12H,4-7,9-11H2,1H3,(H,18,22)(H,19,21). The van der Waals surface area contributed by atoms with Crippen LogP contribution in [0, 0.1) is 5.92 Å². The molecule has 2 amide bonds. The van der Waals surface area contributed by atoms with Crippen LogP contribution in [0.1, 0.15) is 17.3 Å². The molecule has 130 valence electrons. The number of rotatable bonds is 5. The second-order valence-electron chi connectivity index (χ2n) is 6.28. The first kappa shape index (κ1) is 16.7. The zero-order valence-electron chi connectivity index (χ0n) is 13.8. The third kappa shape index (κ3) is 4.24. The van der Waals surface area contributed by atoms with Crippen molar-refractivity contribution >= 4 is 17.5 Å². The lowest BCUT2D eigenvalue weighted by molar-refractivity contribution is -0.118. The molecule has 1 unspecified atom stereocenters. The van der Waals surface area contributed by atoms with Crippen molar-refractivity contribution in [1.29, 1.82) is 0 Å². The number of anilines is 1. The first-order valence-electron chi connectivity index (χ1n) is 8.27. The number of ether oxygens (including phenoxy) is 2. The highest BCUT2D eigenvalue weighted by Crippen LogP contribution is 2.28. The predicted octanol–water partition coefficient (Wildman–Crippen LogP) is 0.716. The molecule has 2 aliphatic heterocycles. The average Bonchev–Trinajstić information content (AvgIpc) is 2.60. The van der Waals surface area contributed by atoms with Crippen molar-refractivity contribution in [1.82, 2.24) is 10.2 Å². The van der Waals surface area contributed by atoms with E-state index in [0.717, 1.165) is 32.8 Å². The molecule has 0 spiro atoms. The molecule has 0 bridgehead atoms. The molecule has 0 radical (unpaired) electrons. The summed E-state index contributed by atoms with van der Waals surface area (Å²) >= 11 is 0. The van der Waals surface area contributed by atoms with Gasteiger partial charge in [0, 0.05) is 31.7 Å². The third-order valence-corrected chi connectivity index (χ3v) is 4.16. The van der Waals surface area contributed by atoms with Crippen LogP contribution >= 0.6 is 0 Å². The Morgan fingerprint density at radius 2 is 2.17 bits per heavy atom. The second kappa shape index (κ2) is 7.63. The van der Waals surface area contributed by atoms with Gasteiger partial charge in [0.1, 0.15) is 5.75 Å². The number of nitrogens with zero attached hydrogens (tertiary/aromatic N) is 1. The van der Waals surface area contributed by atoms with Gasteiger partial charge >= 0.3 is 0 Å². The van der Waals surface area contributed by atoms with E-state index in [1.54, 1.807) is 18.2 Å². The maximum atomic E-state index is 12.3. The normalized spacial score (nSPS) is 19.0. The van der Waals surface area contributed by atoms with Crippen molar-refractivity contribution in [2.24, 2.45) is 5.92 Å². The molecular formula is C17H23N3O4. The van der Waals surface area contributed by atoms with Crippen LogP contribution in [0.15, 0.2) is 18.2 Å². The smallest absolute Gasteiger partial charge is 0.262 e. The van der Waals surface area contributed by atoms with E-state index in [1.807, 2.05) is 0 Å². The van der Waals surface area contributed by atoms with E-state index in [9.17, 15) is 9.59 Å². The lowest BCUT2D eigenvalue weighted by atomic mass is 10.1. The van der Waals surface area contributed by atoms with E-state index in [1.165, 1.54) is 0 Å². The van der Waals surface area contributed by atoms with Crippen molar-refractivity contribution < 1.29 is 19.1 Å². The molecule has 1 atom stereocenters. The van der Waals surface area contributed by atoms with Gasteiger partial charge in [0.25, 0.3) is 11.8 Å². The van der Waals surface area contributed by atoms with Crippen LogP contribution in [-0.4, -0.2) is 62.7 Å². The molecule has 0 saturated carbocycles. The van der Waals surface area contributed by atoms with Crippen LogP contribution < -0.4 is 15.4 Å². The molecule has 24 heavy (non-hydrogen) atoms. The van der Waals surface area contributed by atoms with Crippen molar-refractivity contribution in [2.75, 3.05) is 51.3 Å². The van der Waals surface area contributed by atoms with Crippen LogP contribution in [0.2, 0.25) is 0 Å². The van der Waals surface area contributed by atoms with E-state index >= 15 is 0 Å². The van der Waals surface area contributed by atoms with Crippen molar-refractivity contribution in [3.63, 3.8) is 0 Å². The molecule has 7 nitrogen and oxygen atoms in total. The summed E-state index contributed by atoms with van der Waals surface area (Å²) in [6, 6.07) is 5.06. The first-order valence-corrected chi connectivity index (χ1v) is 8.27. The van der Waals surface area contributed by atoms with Gasteiger partial charge in [-0.2, -0.15) is 0 Å². The molecule has 1 saturated heterocycles. The van der Waals surface area contributed by atoms with Crippen molar-refractivity contribution in [3.05, 3.63) is 23.8 Å². The molecule has 3 rings (SSSR count). The lowest BCUT2D eigenvalue weighted by Gasteiger charge is -2.29. The zero-order valence-corrected chi connectivity index (χ0v) is 13.8. The number of benzene rings is 1. The summed E-state index contributed by atoms with van der Waals surface area (Å²) in [6.45, 7) is 7.14. The topological polar surface area (TPSA) is 79.9 Å². The van der Waals surface area contributed by atoms with Gasteiger partial charge in [-0.25, -0.2) is 0 Å². The highest BCUT2D eigenvalue weighted by Gasteiger charge is 2.18. The van der Waals surface area contributed by atoms with Crippen LogP contribution in [0.5, 0.6) is 5.75 Å². The van der Waals surface area contributed by atoms with Crippen LogP contribution in [0.4, 0.5) is 5.69 Å². The molecule has 0 aliphatic carbocycles. The van der Waals surface area contributed by atoms with Gasteiger partial charge in [0.15, 0.2) is 6.61 Å². The molecule has 1 aromatic rings. The number of fused-ring (bicyclic) bond motifs is 1. The highest BCUT2D eigenvalue weighted by molar-refractivity contribution is 5.99. The summed E-state index contributed by atoms with van der Waals surface area (Å²) in [5.74, 6) is 0.588. The fourth-order valence-electron chi connectivity index (χ4n) is 2.88. The van der Waals surface area contributed by atoms with E-state index in [4.69, 9.17) is 9.47 Å². The Morgan fingerprint density at radius 1 is 1.38 bits per heavy atom. The third-order valence-electron chi connectivity index (χ3n) is 4.16. The summed E-state index contributed by atoms with van der Waals surface area (Å²) in [6.07, 6.45) is 0. The Morgan fingerprint density at radius 3 is 2.96 bits per heavy atom. The van der Waals surface area contributed by atoms with Gasteiger partial charge < -0.3 is 20.1 Å². The highest BCUT2D eigenvalue weighted by atomic mass is 16.5. The number of nitrogens with one attached hydrogen (secondary N) is 2. The molecule has 0 aromatic heterocycles. The Bertz CT molecular complexity index is 614. The largest absolute Gasteiger partial charge is 0.482 e. The second-order valence-corrected chi connectivity index (χ2v) is 6.28. The van der Waals surface area contributed by atoms with E-state index in [2.05, 4.69) is 22.5 Å². The molecule has 2 aliphatic rings. The summed E-state index contributed by atoms with van der Waals surface area (Å²) in [4.78, 5) is 26.0. The van der Waals surface area contributed by atoms with E-state index in [0.29, 0.717) is 29.5 Å². The quantitative estimate of drug-likeness (QED) is 0.830.